The second-order valence-corrected chi connectivity index (χ2v) is 13.6. The molecule has 4 aromatic carbocycles. The van der Waals surface area contributed by atoms with Gasteiger partial charge in [0.2, 0.25) is 0 Å². The van der Waals surface area contributed by atoms with E-state index in [1.54, 1.807) is 18.6 Å². The molecule has 0 atom stereocenters. The summed E-state index contributed by atoms with van der Waals surface area (Å²) in [7, 11) is 0. The zero-order valence-corrected chi connectivity index (χ0v) is 30.1. The molecule has 0 saturated heterocycles. The lowest BCUT2D eigenvalue weighted by Crippen LogP contribution is -2.03. The molecule has 0 amide bonds. The monoisotopic (exact) mass is 729 g/mol. The lowest BCUT2D eigenvalue weighted by atomic mass is 9.80. The van der Waals surface area contributed by atoms with Crippen molar-refractivity contribution in [2.75, 3.05) is 0 Å². The molecule has 57 heavy (non-hydrogen) atoms. The molecule has 0 aliphatic heterocycles. The molecule has 264 valence electrons. The number of hydrogen-bond acceptors (Lipinski definition) is 6. The van der Waals surface area contributed by atoms with Crippen LogP contribution in [0.1, 0.15) is 16.7 Å². The molecular weight excluding hydrogens is 703 g/mol. The molecule has 0 fully saturated rings. The fourth-order valence-electron chi connectivity index (χ4n) is 7.94. The molecule has 9 nitrogen and oxygen atoms in total. The minimum atomic E-state index is 0.256. The van der Waals surface area contributed by atoms with Gasteiger partial charge in [0, 0.05) is 106 Å². The molecule has 0 unspecified atom stereocenters. The number of nitrogens with zero attached hydrogens (tertiary/aromatic N) is 9. The van der Waals surface area contributed by atoms with Gasteiger partial charge in [-0.05, 0) is 89.5 Å². The maximum absolute atomic E-state index is 11.0. The quantitative estimate of drug-likeness (QED) is 0.168. The number of hydrogen-bond donors (Lipinski definition) is 0. The van der Waals surface area contributed by atoms with Crippen LogP contribution in [0, 0.1) is 34.0 Å². The molecule has 9 heteroatoms. The number of pyridine rings is 3. The first kappa shape index (κ1) is 33.0. The van der Waals surface area contributed by atoms with Crippen LogP contribution in [0.4, 0.5) is 0 Å². The summed E-state index contributed by atoms with van der Waals surface area (Å²) in [6.45, 7) is 0. The van der Waals surface area contributed by atoms with E-state index in [9.17, 15) is 15.8 Å². The molecule has 10 aromatic rings. The average molecular weight is 730 g/mol. The van der Waals surface area contributed by atoms with Gasteiger partial charge in [-0.2, -0.15) is 15.8 Å². The summed E-state index contributed by atoms with van der Waals surface area (Å²) >= 11 is 0. The Morgan fingerprint density at radius 2 is 0.632 bits per heavy atom. The fraction of sp³-hybridized carbons (Fsp3) is 0. The minimum absolute atomic E-state index is 0.256. The van der Waals surface area contributed by atoms with Crippen molar-refractivity contribution < 1.29 is 0 Å². The van der Waals surface area contributed by atoms with Crippen molar-refractivity contribution >= 4 is 32.7 Å². The number of benzene rings is 4. The summed E-state index contributed by atoms with van der Waals surface area (Å²) < 4.78 is 6.22. The third kappa shape index (κ3) is 5.33. The highest BCUT2D eigenvalue weighted by atomic mass is 15.0. The highest BCUT2D eigenvalue weighted by Gasteiger charge is 2.27. The fourth-order valence-corrected chi connectivity index (χ4v) is 7.94. The Hall–Kier alpha value is -8.58. The van der Waals surface area contributed by atoms with Crippen LogP contribution in [0.3, 0.4) is 0 Å². The van der Waals surface area contributed by atoms with Crippen LogP contribution in [0.5, 0.6) is 0 Å². The Labute approximate surface area is 326 Å². The van der Waals surface area contributed by atoms with E-state index in [1.807, 2.05) is 146 Å². The highest BCUT2D eigenvalue weighted by molar-refractivity contribution is 5.98. The van der Waals surface area contributed by atoms with E-state index < -0.39 is 0 Å². The second-order valence-electron chi connectivity index (χ2n) is 13.6. The third-order valence-corrected chi connectivity index (χ3v) is 10.6. The van der Waals surface area contributed by atoms with Crippen molar-refractivity contribution in [1.29, 1.82) is 15.8 Å². The predicted molar refractivity (Wildman–Crippen MR) is 221 cm³/mol. The molecule has 6 heterocycles. The number of rotatable bonds is 6. The number of aromatic nitrogens is 6. The molecule has 0 saturated carbocycles. The first-order chi connectivity index (χ1) is 28.1. The Bertz CT molecular complexity index is 2930. The van der Waals surface area contributed by atoms with Gasteiger partial charge in [-0.1, -0.05) is 36.4 Å². The molecule has 0 bridgehead atoms. The van der Waals surface area contributed by atoms with Gasteiger partial charge in [-0.15, -0.1) is 0 Å². The van der Waals surface area contributed by atoms with Crippen molar-refractivity contribution in [3.05, 3.63) is 182 Å². The van der Waals surface area contributed by atoms with Crippen LogP contribution in [0.15, 0.2) is 165 Å². The summed E-state index contributed by atoms with van der Waals surface area (Å²) in [6.07, 6.45) is 16.8. The van der Waals surface area contributed by atoms with Gasteiger partial charge in [0.15, 0.2) is 0 Å². The Balaban J connectivity index is 1.17. The predicted octanol–water partition coefficient (Wildman–Crippen LogP) is 10.3. The topological polar surface area (TPSA) is 125 Å². The standard InChI is InChI=1S/C48H27N9/c49-25-40-46(31-1-7-37(8-2-31)55-22-16-34-28-52-19-13-43(34)55)41(26-50)48(33-5-11-39(12-6-33)57-24-18-36-30-54-21-15-45(36)57)42(27-51)47(40)32-3-9-38(10-4-32)56-23-17-35-29-53-20-14-44(35)56/h1-24,28-30H. The van der Waals surface area contributed by atoms with Gasteiger partial charge in [-0.3, -0.25) is 15.0 Å². The van der Waals surface area contributed by atoms with Crippen LogP contribution in [-0.4, -0.2) is 28.7 Å². The lowest BCUT2D eigenvalue weighted by Gasteiger charge is -2.20. The zero-order valence-electron chi connectivity index (χ0n) is 30.1. The van der Waals surface area contributed by atoms with Crippen LogP contribution < -0.4 is 0 Å². The molecule has 10 rings (SSSR count). The van der Waals surface area contributed by atoms with Crippen molar-refractivity contribution in [2.45, 2.75) is 0 Å². The molecule has 0 N–H and O–H groups in total. The second kappa shape index (κ2) is 13.4. The van der Waals surface area contributed by atoms with Crippen molar-refractivity contribution in [2.24, 2.45) is 0 Å². The van der Waals surface area contributed by atoms with E-state index in [0.717, 1.165) is 49.8 Å². The smallest absolute Gasteiger partial charge is 0.101 e. The van der Waals surface area contributed by atoms with Gasteiger partial charge < -0.3 is 13.7 Å². The molecular formula is C48H27N9. The van der Waals surface area contributed by atoms with E-state index in [4.69, 9.17) is 0 Å². The summed E-state index contributed by atoms with van der Waals surface area (Å²) in [5.74, 6) is 0. The molecule has 6 aromatic heterocycles. The summed E-state index contributed by atoms with van der Waals surface area (Å²) in [6, 6.07) is 42.7. The first-order valence-electron chi connectivity index (χ1n) is 18.1. The molecule has 0 spiro atoms. The third-order valence-electron chi connectivity index (χ3n) is 10.6. The Morgan fingerprint density at radius 3 is 0.895 bits per heavy atom. The maximum Gasteiger partial charge on any atom is 0.101 e. The largest absolute Gasteiger partial charge is 0.316 e. The van der Waals surface area contributed by atoms with Crippen molar-refractivity contribution in [3.8, 4) is 68.7 Å². The Kier molecular flexibility index (Phi) is 7.75. The number of fused-ring (bicyclic) bond motifs is 3. The highest BCUT2D eigenvalue weighted by Crippen LogP contribution is 2.45. The van der Waals surface area contributed by atoms with Gasteiger partial charge in [0.25, 0.3) is 0 Å². The van der Waals surface area contributed by atoms with Crippen molar-refractivity contribution in [1.82, 2.24) is 28.7 Å². The van der Waals surface area contributed by atoms with Gasteiger partial charge >= 0.3 is 0 Å². The van der Waals surface area contributed by atoms with Crippen LogP contribution in [0.2, 0.25) is 0 Å². The van der Waals surface area contributed by atoms with E-state index in [1.165, 1.54) is 0 Å². The number of nitriles is 3. The van der Waals surface area contributed by atoms with Gasteiger partial charge in [0.1, 0.15) is 18.2 Å². The summed E-state index contributed by atoms with van der Waals surface area (Å²) in [5, 5.41) is 36.1. The average Bonchev–Trinajstić information content (AvgIpc) is 4.03. The maximum atomic E-state index is 11.0. The van der Waals surface area contributed by atoms with E-state index in [-0.39, 0.29) is 16.7 Å². The zero-order chi connectivity index (χ0) is 38.5. The molecule has 0 aliphatic carbocycles. The van der Waals surface area contributed by atoms with Gasteiger partial charge in [0.05, 0.1) is 33.2 Å². The van der Waals surface area contributed by atoms with Crippen LogP contribution >= 0.6 is 0 Å². The van der Waals surface area contributed by atoms with Crippen LogP contribution in [-0.2, 0) is 0 Å². The molecule has 0 aliphatic rings. The lowest BCUT2D eigenvalue weighted by molar-refractivity contribution is 1.12. The normalized spacial score (nSPS) is 11.1. The summed E-state index contributed by atoms with van der Waals surface area (Å²) in [4.78, 5) is 12.7. The van der Waals surface area contributed by atoms with E-state index >= 15 is 0 Å². The molecule has 0 radical (unpaired) electrons. The van der Waals surface area contributed by atoms with E-state index in [2.05, 4.69) is 46.9 Å². The van der Waals surface area contributed by atoms with Gasteiger partial charge in [-0.25, -0.2) is 0 Å². The summed E-state index contributed by atoms with van der Waals surface area (Å²) in [5.41, 5.74) is 10.0. The first-order valence-corrected chi connectivity index (χ1v) is 18.1. The minimum Gasteiger partial charge on any atom is -0.316 e. The van der Waals surface area contributed by atoms with E-state index in [0.29, 0.717) is 33.4 Å². The SMILES string of the molecule is N#Cc1c(-c2ccc(-n3ccc4cnccc43)cc2)c(C#N)c(-c2ccc(-n3ccc4cnccc43)cc2)c(C#N)c1-c1ccc(-n2ccc3cnccc32)cc1. The Morgan fingerprint density at radius 1 is 0.351 bits per heavy atom. The van der Waals surface area contributed by atoms with Crippen LogP contribution in [0.25, 0.3) is 83.2 Å². The van der Waals surface area contributed by atoms with Crippen molar-refractivity contribution in [3.63, 3.8) is 0 Å².